The zero-order chi connectivity index (χ0) is 15.5. The van der Waals surface area contributed by atoms with Crippen LogP contribution in [0, 0.1) is 0 Å². The van der Waals surface area contributed by atoms with E-state index < -0.39 is 10.0 Å². The molecular formula is C15H15BrClNO2S. The van der Waals surface area contributed by atoms with Crippen LogP contribution in [-0.2, 0) is 16.4 Å². The van der Waals surface area contributed by atoms with Crippen molar-refractivity contribution in [2.45, 2.75) is 24.3 Å². The standard InChI is InChI=1S/C15H15BrClNO2S/c1-11(10-12-4-2-3-5-15(12)17)18-21(19,20)14-8-6-13(16)7-9-14/h2-9,11,18H,10H2,1H3. The summed E-state index contributed by atoms with van der Waals surface area (Å²) in [6, 6.07) is 13.7. The molecule has 2 aromatic rings. The van der Waals surface area contributed by atoms with Gasteiger partial charge in [0.05, 0.1) is 4.90 Å². The summed E-state index contributed by atoms with van der Waals surface area (Å²) < 4.78 is 28.0. The summed E-state index contributed by atoms with van der Waals surface area (Å²) >= 11 is 9.38. The molecule has 0 saturated heterocycles. The maximum atomic E-state index is 12.3. The van der Waals surface area contributed by atoms with E-state index in [0.717, 1.165) is 10.0 Å². The fraction of sp³-hybridized carbons (Fsp3) is 0.200. The van der Waals surface area contributed by atoms with E-state index in [4.69, 9.17) is 11.6 Å². The Bertz CT molecular complexity index is 717. The van der Waals surface area contributed by atoms with Gasteiger partial charge in [0.1, 0.15) is 0 Å². The van der Waals surface area contributed by atoms with Crippen molar-refractivity contribution in [2.75, 3.05) is 0 Å². The molecule has 2 aromatic carbocycles. The quantitative estimate of drug-likeness (QED) is 0.841. The molecule has 0 heterocycles. The van der Waals surface area contributed by atoms with E-state index >= 15 is 0 Å². The Morgan fingerprint density at radius 1 is 1.14 bits per heavy atom. The van der Waals surface area contributed by atoms with Gasteiger partial charge in [0, 0.05) is 15.5 Å². The summed E-state index contributed by atoms with van der Waals surface area (Å²) in [4.78, 5) is 0.247. The molecule has 2 rings (SSSR count). The molecule has 21 heavy (non-hydrogen) atoms. The van der Waals surface area contributed by atoms with E-state index in [2.05, 4.69) is 20.7 Å². The summed E-state index contributed by atoms with van der Waals surface area (Å²) in [7, 11) is -3.52. The molecule has 112 valence electrons. The summed E-state index contributed by atoms with van der Waals surface area (Å²) in [6.07, 6.45) is 0.537. The topological polar surface area (TPSA) is 46.2 Å². The average molecular weight is 389 g/mol. The van der Waals surface area contributed by atoms with Gasteiger partial charge in [-0.1, -0.05) is 45.7 Å². The molecular weight excluding hydrogens is 374 g/mol. The van der Waals surface area contributed by atoms with Crippen LogP contribution in [0.1, 0.15) is 12.5 Å². The number of nitrogens with one attached hydrogen (secondary N) is 1. The molecule has 0 bridgehead atoms. The molecule has 1 N–H and O–H groups in total. The van der Waals surface area contributed by atoms with Crippen molar-refractivity contribution < 1.29 is 8.42 Å². The van der Waals surface area contributed by atoms with Crippen molar-refractivity contribution in [3.8, 4) is 0 Å². The first-order chi connectivity index (χ1) is 9.88. The minimum absolute atomic E-state index is 0.247. The van der Waals surface area contributed by atoms with Crippen molar-refractivity contribution in [2.24, 2.45) is 0 Å². The zero-order valence-corrected chi connectivity index (χ0v) is 14.5. The Balaban J connectivity index is 2.10. The van der Waals surface area contributed by atoms with Crippen LogP contribution in [0.5, 0.6) is 0 Å². The van der Waals surface area contributed by atoms with Crippen LogP contribution in [0.4, 0.5) is 0 Å². The number of benzene rings is 2. The van der Waals surface area contributed by atoms with Crippen LogP contribution >= 0.6 is 27.5 Å². The van der Waals surface area contributed by atoms with Gasteiger partial charge in [-0.3, -0.25) is 0 Å². The van der Waals surface area contributed by atoms with Crippen molar-refractivity contribution >= 4 is 37.6 Å². The van der Waals surface area contributed by atoms with Gasteiger partial charge in [-0.15, -0.1) is 0 Å². The Hall–Kier alpha value is -0.880. The van der Waals surface area contributed by atoms with Crippen LogP contribution in [0.3, 0.4) is 0 Å². The van der Waals surface area contributed by atoms with Crippen molar-refractivity contribution in [1.82, 2.24) is 4.72 Å². The third-order valence-electron chi connectivity index (χ3n) is 2.96. The molecule has 0 aromatic heterocycles. The lowest BCUT2D eigenvalue weighted by Gasteiger charge is -2.15. The first-order valence-corrected chi connectivity index (χ1v) is 9.05. The second-order valence-corrected chi connectivity index (χ2v) is 7.81. The van der Waals surface area contributed by atoms with Crippen LogP contribution in [0.2, 0.25) is 5.02 Å². The fourth-order valence-electron chi connectivity index (χ4n) is 1.98. The molecule has 0 aliphatic heterocycles. The van der Waals surface area contributed by atoms with Gasteiger partial charge < -0.3 is 0 Å². The minimum atomic E-state index is -3.52. The molecule has 0 fully saturated rings. The van der Waals surface area contributed by atoms with Gasteiger partial charge >= 0.3 is 0 Å². The molecule has 6 heteroatoms. The van der Waals surface area contributed by atoms with Gasteiger partial charge in [0.25, 0.3) is 0 Å². The van der Waals surface area contributed by atoms with Crippen molar-refractivity contribution in [1.29, 1.82) is 0 Å². The molecule has 0 saturated carbocycles. The predicted octanol–water partition coefficient (Wildman–Crippen LogP) is 4.01. The van der Waals surface area contributed by atoms with Crippen LogP contribution in [0.15, 0.2) is 57.9 Å². The second kappa shape index (κ2) is 6.92. The highest BCUT2D eigenvalue weighted by atomic mass is 79.9. The van der Waals surface area contributed by atoms with E-state index in [1.165, 1.54) is 0 Å². The monoisotopic (exact) mass is 387 g/mol. The van der Waals surface area contributed by atoms with Gasteiger partial charge in [0.15, 0.2) is 0 Å². The highest BCUT2D eigenvalue weighted by Crippen LogP contribution is 2.18. The van der Waals surface area contributed by atoms with E-state index in [0.29, 0.717) is 11.4 Å². The molecule has 0 aliphatic rings. The molecule has 1 unspecified atom stereocenters. The molecule has 0 aliphatic carbocycles. The summed E-state index contributed by atoms with van der Waals surface area (Å²) in [6.45, 7) is 1.82. The third-order valence-corrected chi connectivity index (χ3v) is 5.47. The first kappa shape index (κ1) is 16.5. The van der Waals surface area contributed by atoms with E-state index in [9.17, 15) is 8.42 Å². The molecule has 3 nitrogen and oxygen atoms in total. The Morgan fingerprint density at radius 3 is 2.38 bits per heavy atom. The van der Waals surface area contributed by atoms with Gasteiger partial charge in [0.2, 0.25) is 10.0 Å². The molecule has 1 atom stereocenters. The summed E-state index contributed by atoms with van der Waals surface area (Å²) in [5.74, 6) is 0. The van der Waals surface area contributed by atoms with Gasteiger partial charge in [-0.2, -0.15) is 0 Å². The maximum absolute atomic E-state index is 12.3. The van der Waals surface area contributed by atoms with E-state index in [1.807, 2.05) is 25.1 Å². The highest BCUT2D eigenvalue weighted by Gasteiger charge is 2.17. The third kappa shape index (κ3) is 4.54. The van der Waals surface area contributed by atoms with E-state index in [-0.39, 0.29) is 10.9 Å². The lowest BCUT2D eigenvalue weighted by molar-refractivity contribution is 0.560. The van der Waals surface area contributed by atoms with E-state index in [1.54, 1.807) is 30.3 Å². The lowest BCUT2D eigenvalue weighted by Crippen LogP contribution is -2.34. The van der Waals surface area contributed by atoms with Gasteiger partial charge in [-0.25, -0.2) is 13.1 Å². The smallest absolute Gasteiger partial charge is 0.208 e. The molecule has 0 spiro atoms. The molecule has 0 radical (unpaired) electrons. The van der Waals surface area contributed by atoms with Crippen molar-refractivity contribution in [3.63, 3.8) is 0 Å². The number of hydrogen-bond donors (Lipinski definition) is 1. The number of rotatable bonds is 5. The average Bonchev–Trinajstić information content (AvgIpc) is 2.41. The van der Waals surface area contributed by atoms with Gasteiger partial charge in [-0.05, 0) is 49.2 Å². The zero-order valence-electron chi connectivity index (χ0n) is 11.4. The van der Waals surface area contributed by atoms with Crippen molar-refractivity contribution in [3.05, 3.63) is 63.6 Å². The number of sulfonamides is 1. The SMILES string of the molecule is CC(Cc1ccccc1Cl)NS(=O)(=O)c1ccc(Br)cc1. The Morgan fingerprint density at radius 2 is 1.76 bits per heavy atom. The predicted molar refractivity (Wildman–Crippen MR) is 89.1 cm³/mol. The molecule has 0 amide bonds. The number of halogens is 2. The normalized spacial score (nSPS) is 13.1. The minimum Gasteiger partial charge on any atom is -0.208 e. The second-order valence-electron chi connectivity index (χ2n) is 4.77. The Labute approximate surface area is 138 Å². The first-order valence-electron chi connectivity index (χ1n) is 6.40. The maximum Gasteiger partial charge on any atom is 0.240 e. The summed E-state index contributed by atoms with van der Waals surface area (Å²) in [5, 5.41) is 0.646. The van der Waals surface area contributed by atoms with Crippen LogP contribution in [0.25, 0.3) is 0 Å². The van der Waals surface area contributed by atoms with Crippen LogP contribution in [-0.4, -0.2) is 14.5 Å². The lowest BCUT2D eigenvalue weighted by atomic mass is 10.1. The summed E-state index contributed by atoms with van der Waals surface area (Å²) in [5.41, 5.74) is 0.921. The fourth-order valence-corrected chi connectivity index (χ4v) is 3.70. The largest absolute Gasteiger partial charge is 0.240 e. The Kier molecular flexibility index (Phi) is 5.43. The van der Waals surface area contributed by atoms with Crippen LogP contribution < -0.4 is 4.72 Å². The number of hydrogen-bond acceptors (Lipinski definition) is 2. The highest BCUT2D eigenvalue weighted by molar-refractivity contribution is 9.10.